The third-order valence-electron chi connectivity index (χ3n) is 8.47. The molecule has 10 nitrogen and oxygen atoms in total. The molecule has 4 atom stereocenters. The number of aliphatic hydroxyl groups is 1. The van der Waals surface area contributed by atoms with Gasteiger partial charge in [-0.3, -0.25) is 4.79 Å². The number of aliphatic hydroxyl groups excluding tert-OH is 1. The van der Waals surface area contributed by atoms with Crippen molar-refractivity contribution in [1.82, 2.24) is 14.3 Å². The van der Waals surface area contributed by atoms with Crippen molar-refractivity contribution in [2.24, 2.45) is 7.05 Å². The minimum atomic E-state index is -3.98. The number of benzene rings is 4. The number of carbonyl (C=O) groups is 1. The second-order valence-corrected chi connectivity index (χ2v) is 15.0. The minimum Gasteiger partial charge on any atom is -0.392 e. The molecule has 1 aromatic heterocycles. The first kappa shape index (κ1) is 35.5. The quantitative estimate of drug-likeness (QED) is 0.125. The molecule has 1 aliphatic rings. The molecule has 12 heteroatoms. The van der Waals surface area contributed by atoms with E-state index in [2.05, 4.69) is 15.0 Å². The first-order valence-electron chi connectivity index (χ1n) is 16.3. The highest BCUT2D eigenvalue weighted by Gasteiger charge is 2.33. The van der Waals surface area contributed by atoms with E-state index < -0.39 is 28.3 Å². The van der Waals surface area contributed by atoms with Crippen LogP contribution < -0.4 is 10.0 Å². The van der Waals surface area contributed by atoms with Crippen molar-refractivity contribution in [3.05, 3.63) is 143 Å². The van der Waals surface area contributed by atoms with Gasteiger partial charge in [0.15, 0.2) is 11.4 Å². The smallest absolute Gasteiger partial charge is 0.242 e. The van der Waals surface area contributed by atoms with Crippen molar-refractivity contribution in [2.45, 2.75) is 61.0 Å². The Labute approximate surface area is 296 Å². The topological polar surface area (TPSA) is 132 Å². The zero-order valence-electron chi connectivity index (χ0n) is 27.8. The van der Waals surface area contributed by atoms with Crippen LogP contribution in [0, 0.1) is 6.92 Å². The maximum absolute atomic E-state index is 13.6. The van der Waals surface area contributed by atoms with Crippen LogP contribution in [0.5, 0.6) is 0 Å². The predicted octanol–water partition coefficient (Wildman–Crippen LogP) is 6.09. The molecule has 1 amide bonds. The number of ether oxygens (including phenoxy) is 2. The average molecular weight is 713 g/mol. The average Bonchev–Trinajstić information content (AvgIpc) is 3.55. The highest BCUT2D eigenvalue weighted by Crippen LogP contribution is 2.39. The Bertz CT molecular complexity index is 1970. The summed E-state index contributed by atoms with van der Waals surface area (Å²) in [4.78, 5) is 18.1. The van der Waals surface area contributed by atoms with Crippen LogP contribution in [0.25, 0.3) is 0 Å². The third-order valence-corrected chi connectivity index (χ3v) is 11.1. The predicted molar refractivity (Wildman–Crippen MR) is 193 cm³/mol. The van der Waals surface area contributed by atoms with Gasteiger partial charge in [0, 0.05) is 42.9 Å². The first-order chi connectivity index (χ1) is 24.2. The fraction of sp³-hybridized carbons (Fsp3) is 0.263. The molecule has 4 aromatic carbocycles. The van der Waals surface area contributed by atoms with E-state index >= 15 is 0 Å². The number of rotatable bonds is 13. The Morgan fingerprint density at radius 1 is 0.940 bits per heavy atom. The van der Waals surface area contributed by atoms with Gasteiger partial charge in [-0.2, -0.15) is 4.72 Å². The lowest BCUT2D eigenvalue weighted by molar-refractivity contribution is -0.245. The molecule has 1 aliphatic heterocycles. The van der Waals surface area contributed by atoms with E-state index in [1.165, 1.54) is 12.1 Å². The van der Waals surface area contributed by atoms with E-state index in [0.717, 1.165) is 33.0 Å². The monoisotopic (exact) mass is 712 g/mol. The molecule has 0 saturated carbocycles. The number of nitrogens with zero attached hydrogens (tertiary/aromatic N) is 2. The van der Waals surface area contributed by atoms with E-state index in [9.17, 15) is 18.3 Å². The first-order valence-corrected chi connectivity index (χ1v) is 18.8. The Morgan fingerprint density at radius 2 is 1.64 bits per heavy atom. The van der Waals surface area contributed by atoms with Crippen molar-refractivity contribution in [1.29, 1.82) is 0 Å². The summed E-state index contributed by atoms with van der Waals surface area (Å²) in [6.07, 6.45) is 3.43. The van der Waals surface area contributed by atoms with Gasteiger partial charge >= 0.3 is 0 Å². The number of carbonyl (C=O) groups excluding carboxylic acids is 1. The molecule has 6 rings (SSSR count). The van der Waals surface area contributed by atoms with Crippen LogP contribution in [0.1, 0.15) is 46.6 Å². The second kappa shape index (κ2) is 16.2. The molecular weight excluding hydrogens is 673 g/mol. The summed E-state index contributed by atoms with van der Waals surface area (Å²) in [5.74, 6) is 0.186. The molecule has 0 aliphatic carbocycles. The van der Waals surface area contributed by atoms with E-state index in [1.54, 1.807) is 42.2 Å². The van der Waals surface area contributed by atoms with Crippen LogP contribution in [-0.2, 0) is 44.4 Å². The molecule has 3 N–H and O–H groups in total. The second-order valence-electron chi connectivity index (χ2n) is 12.3. The number of aryl methyl sites for hydroxylation is 2. The van der Waals surface area contributed by atoms with Crippen LogP contribution in [-0.4, -0.2) is 46.9 Å². The van der Waals surface area contributed by atoms with Crippen molar-refractivity contribution < 1.29 is 27.8 Å². The molecule has 0 radical (unpaired) electrons. The van der Waals surface area contributed by atoms with Crippen molar-refractivity contribution in [3.63, 3.8) is 0 Å². The van der Waals surface area contributed by atoms with Gasteiger partial charge in [0.2, 0.25) is 15.9 Å². The Kier molecular flexibility index (Phi) is 11.5. The summed E-state index contributed by atoms with van der Waals surface area (Å²) in [6.45, 7) is 1.85. The summed E-state index contributed by atoms with van der Waals surface area (Å²) in [5.41, 5.74) is 4.83. The molecule has 1 fully saturated rings. The molecule has 0 unspecified atom stereocenters. The number of hydrogen-bond donors (Lipinski definition) is 3. The maximum Gasteiger partial charge on any atom is 0.242 e. The largest absolute Gasteiger partial charge is 0.392 e. The lowest BCUT2D eigenvalue weighted by Crippen LogP contribution is -2.45. The maximum atomic E-state index is 13.6. The molecule has 2 heterocycles. The van der Waals surface area contributed by atoms with Crippen LogP contribution >= 0.6 is 11.8 Å². The van der Waals surface area contributed by atoms with Gasteiger partial charge in [-0.15, -0.1) is 0 Å². The van der Waals surface area contributed by atoms with Crippen molar-refractivity contribution in [3.8, 4) is 0 Å². The molecule has 0 bridgehead atoms. The van der Waals surface area contributed by atoms with Gasteiger partial charge in [0.1, 0.15) is 6.04 Å². The lowest BCUT2D eigenvalue weighted by atomic mass is 10.0. The van der Waals surface area contributed by atoms with Crippen LogP contribution in [0.2, 0.25) is 0 Å². The lowest BCUT2D eigenvalue weighted by Gasteiger charge is -2.36. The summed E-state index contributed by atoms with van der Waals surface area (Å²) < 4.78 is 44.1. The number of amides is 1. The summed E-state index contributed by atoms with van der Waals surface area (Å²) in [6, 6.07) is 29.6. The van der Waals surface area contributed by atoms with E-state index in [1.807, 2.05) is 91.5 Å². The highest BCUT2D eigenvalue weighted by molar-refractivity contribution is 7.99. The molecule has 5 aromatic rings. The summed E-state index contributed by atoms with van der Waals surface area (Å²) >= 11 is 1.62. The fourth-order valence-corrected chi connectivity index (χ4v) is 7.79. The minimum absolute atomic E-state index is 0.0328. The molecular formula is C38H40N4O6S2. The van der Waals surface area contributed by atoms with Gasteiger partial charge < -0.3 is 24.5 Å². The number of imidazole rings is 1. The zero-order chi connectivity index (χ0) is 35.1. The standard InChI is InChI=1S/C38H40N4O6S2/c1-26-8-18-33(19-9-26)50(45,46)41-34(22-27-6-4-3-5-7-27)36(44)40-31-16-14-30(15-17-31)37-47-32(25-49-38-39-20-21-42(38)2)23-35(48-37)29-12-10-28(24-43)11-13-29/h3-21,32,34-35,37,41,43H,22-25H2,1-2H3,(H,40,44)/t32-,34+,35+,37+/m0/s1. The molecule has 0 spiro atoms. The van der Waals surface area contributed by atoms with Crippen LogP contribution in [0.4, 0.5) is 5.69 Å². The number of anilines is 1. The highest BCUT2D eigenvalue weighted by atomic mass is 32.2. The van der Waals surface area contributed by atoms with Gasteiger partial charge in [-0.25, -0.2) is 13.4 Å². The number of thioether (sulfide) groups is 1. The van der Waals surface area contributed by atoms with Crippen LogP contribution in [0.15, 0.2) is 126 Å². The SMILES string of the molecule is Cc1ccc(S(=O)(=O)N[C@H](Cc2ccccc2)C(=O)Nc2ccc([C@@H]3O[C@H](CSc4nccn4C)C[C@H](c4ccc(CO)cc4)O3)cc2)cc1. The number of nitrogens with one attached hydrogen (secondary N) is 2. The Hall–Kier alpha value is -4.30. The van der Waals surface area contributed by atoms with E-state index in [0.29, 0.717) is 17.9 Å². The Balaban J connectivity index is 1.18. The fourth-order valence-electron chi connectivity index (χ4n) is 5.64. The summed E-state index contributed by atoms with van der Waals surface area (Å²) in [7, 11) is -2.02. The Morgan fingerprint density at radius 3 is 2.30 bits per heavy atom. The van der Waals surface area contributed by atoms with Gasteiger partial charge in [0.05, 0.1) is 23.7 Å². The third kappa shape index (κ3) is 9.08. The van der Waals surface area contributed by atoms with E-state index in [4.69, 9.17) is 9.47 Å². The van der Waals surface area contributed by atoms with Gasteiger partial charge in [0.25, 0.3) is 0 Å². The summed E-state index contributed by atoms with van der Waals surface area (Å²) in [5, 5.41) is 13.3. The number of aromatic nitrogens is 2. The molecule has 260 valence electrons. The van der Waals surface area contributed by atoms with Gasteiger partial charge in [-0.1, -0.05) is 96.2 Å². The van der Waals surface area contributed by atoms with E-state index in [-0.39, 0.29) is 30.1 Å². The van der Waals surface area contributed by atoms with Crippen molar-refractivity contribution in [2.75, 3.05) is 11.1 Å². The van der Waals surface area contributed by atoms with Gasteiger partial charge in [-0.05, 0) is 54.3 Å². The molecule has 1 saturated heterocycles. The molecule has 50 heavy (non-hydrogen) atoms. The van der Waals surface area contributed by atoms with Crippen molar-refractivity contribution >= 4 is 33.4 Å². The number of sulfonamides is 1. The number of hydrogen-bond acceptors (Lipinski definition) is 8. The zero-order valence-corrected chi connectivity index (χ0v) is 29.4. The van der Waals surface area contributed by atoms with Crippen LogP contribution in [0.3, 0.4) is 0 Å². The normalized spacial score (nSPS) is 18.4.